The average molecular weight is 265 g/mol. The lowest BCUT2D eigenvalue weighted by molar-refractivity contribution is -0.318. The lowest BCUT2D eigenvalue weighted by atomic mass is 9.53. The van der Waals surface area contributed by atoms with E-state index in [4.69, 9.17) is 0 Å². The third-order valence-electron chi connectivity index (χ3n) is 5.17. The first-order valence-corrected chi connectivity index (χ1v) is 7.14. The molecule has 5 heteroatoms. The summed E-state index contributed by atoms with van der Waals surface area (Å²) in [5, 5.41) is 24.9. The van der Waals surface area contributed by atoms with Crippen LogP contribution in [0.15, 0.2) is 0 Å². The highest BCUT2D eigenvalue weighted by molar-refractivity contribution is 5.78. The van der Waals surface area contributed by atoms with Crippen molar-refractivity contribution in [3.8, 4) is 0 Å². The van der Waals surface area contributed by atoms with Gasteiger partial charge in [-0.3, -0.25) is 0 Å². The first-order chi connectivity index (χ1) is 8.96. The third kappa shape index (κ3) is 2.48. The SMILES string of the molecule is O=C([O-])C[C@H](NC12CC3CC(CC(C3)C1)C2)C(=O)[O-]. The number of hydrogen-bond donors (Lipinski definition) is 1. The maximum atomic E-state index is 11.1. The molecule has 4 bridgehead atoms. The fourth-order valence-electron chi connectivity index (χ4n) is 5.02. The summed E-state index contributed by atoms with van der Waals surface area (Å²) in [5.74, 6) is -0.622. The molecule has 1 atom stereocenters. The quantitative estimate of drug-likeness (QED) is 0.674. The summed E-state index contributed by atoms with van der Waals surface area (Å²) < 4.78 is 0. The van der Waals surface area contributed by atoms with Gasteiger partial charge in [0.25, 0.3) is 0 Å². The van der Waals surface area contributed by atoms with Gasteiger partial charge in [-0.2, -0.15) is 0 Å². The largest absolute Gasteiger partial charge is 0.550 e. The molecule has 0 saturated heterocycles. The molecule has 0 spiro atoms. The second-order valence-electron chi connectivity index (χ2n) is 6.79. The van der Waals surface area contributed by atoms with Crippen LogP contribution in [0.1, 0.15) is 44.9 Å². The molecule has 1 N–H and O–H groups in total. The van der Waals surface area contributed by atoms with Crippen molar-refractivity contribution < 1.29 is 19.8 Å². The van der Waals surface area contributed by atoms with Crippen molar-refractivity contribution in [1.29, 1.82) is 0 Å². The monoisotopic (exact) mass is 265 g/mol. The van der Waals surface area contributed by atoms with E-state index in [1.54, 1.807) is 0 Å². The Hall–Kier alpha value is -1.10. The summed E-state index contributed by atoms with van der Waals surface area (Å²) >= 11 is 0. The van der Waals surface area contributed by atoms with E-state index in [1.165, 1.54) is 19.3 Å². The van der Waals surface area contributed by atoms with Crippen molar-refractivity contribution in [3.05, 3.63) is 0 Å². The number of carboxylic acid groups (broad SMARTS) is 2. The Balaban J connectivity index is 1.74. The standard InChI is InChI=1S/C14H21NO4/c16-12(17)4-11(13(18)19)15-14-5-8-1-9(6-14)3-10(2-8)7-14/h8-11,15H,1-7H2,(H,16,17)(H,18,19)/p-2/t8?,9?,10?,11-,14?/m0/s1. The molecule has 4 saturated carbocycles. The Morgan fingerprint density at radius 3 is 1.89 bits per heavy atom. The van der Waals surface area contributed by atoms with Gasteiger partial charge in [0.2, 0.25) is 0 Å². The molecular formula is C14H19NO4-2. The van der Waals surface area contributed by atoms with Crippen LogP contribution in [0.2, 0.25) is 0 Å². The Bertz CT molecular complexity index is 371. The Morgan fingerprint density at radius 2 is 1.53 bits per heavy atom. The molecule has 4 aliphatic carbocycles. The van der Waals surface area contributed by atoms with Crippen LogP contribution >= 0.6 is 0 Å². The van der Waals surface area contributed by atoms with Gasteiger partial charge in [0.1, 0.15) is 0 Å². The number of carbonyl (C=O) groups excluding carboxylic acids is 2. The Kier molecular flexibility index (Phi) is 3.04. The highest BCUT2D eigenvalue weighted by Crippen LogP contribution is 2.55. The zero-order chi connectivity index (χ0) is 13.6. The van der Waals surface area contributed by atoms with Gasteiger partial charge in [0.15, 0.2) is 0 Å². The molecule has 4 aliphatic rings. The van der Waals surface area contributed by atoms with Crippen molar-refractivity contribution in [2.75, 3.05) is 0 Å². The molecule has 4 rings (SSSR count). The molecule has 19 heavy (non-hydrogen) atoms. The van der Waals surface area contributed by atoms with Gasteiger partial charge in [-0.1, -0.05) is 0 Å². The molecule has 0 aliphatic heterocycles. The van der Waals surface area contributed by atoms with Crippen LogP contribution in [0.4, 0.5) is 0 Å². The van der Waals surface area contributed by atoms with Gasteiger partial charge in [0, 0.05) is 17.9 Å². The van der Waals surface area contributed by atoms with E-state index in [2.05, 4.69) is 5.32 Å². The smallest absolute Gasteiger partial charge is 0.0588 e. The van der Waals surface area contributed by atoms with Crippen LogP contribution in [-0.2, 0) is 9.59 Å². The highest BCUT2D eigenvalue weighted by atomic mass is 16.4. The summed E-state index contributed by atoms with van der Waals surface area (Å²) in [6.45, 7) is 0. The maximum absolute atomic E-state index is 11.1. The molecule has 0 aromatic carbocycles. The van der Waals surface area contributed by atoms with Crippen molar-refractivity contribution >= 4 is 11.9 Å². The molecule has 0 unspecified atom stereocenters. The second-order valence-corrected chi connectivity index (χ2v) is 6.79. The van der Waals surface area contributed by atoms with Gasteiger partial charge < -0.3 is 25.1 Å². The number of rotatable bonds is 5. The predicted molar refractivity (Wildman–Crippen MR) is 62.5 cm³/mol. The molecule has 0 amide bonds. The highest BCUT2D eigenvalue weighted by Gasteiger charge is 2.51. The van der Waals surface area contributed by atoms with Crippen LogP contribution in [-0.4, -0.2) is 23.5 Å². The zero-order valence-corrected chi connectivity index (χ0v) is 10.9. The predicted octanol–water partition coefficient (Wildman–Crippen LogP) is -1.20. The zero-order valence-electron chi connectivity index (χ0n) is 10.9. The van der Waals surface area contributed by atoms with Gasteiger partial charge in [-0.15, -0.1) is 0 Å². The van der Waals surface area contributed by atoms with E-state index in [0.29, 0.717) is 17.8 Å². The van der Waals surface area contributed by atoms with E-state index < -0.39 is 24.4 Å². The van der Waals surface area contributed by atoms with Gasteiger partial charge in [0.05, 0.1) is 12.0 Å². The fourth-order valence-corrected chi connectivity index (χ4v) is 5.02. The molecule has 5 nitrogen and oxygen atoms in total. The molecule has 0 heterocycles. The minimum Gasteiger partial charge on any atom is -0.550 e. The van der Waals surface area contributed by atoms with E-state index in [0.717, 1.165) is 19.3 Å². The number of aliphatic carboxylic acids is 2. The van der Waals surface area contributed by atoms with Crippen molar-refractivity contribution in [2.24, 2.45) is 17.8 Å². The van der Waals surface area contributed by atoms with Crippen molar-refractivity contribution in [1.82, 2.24) is 5.32 Å². The number of carboxylic acids is 2. The molecule has 4 fully saturated rings. The van der Waals surface area contributed by atoms with Crippen LogP contribution < -0.4 is 15.5 Å². The van der Waals surface area contributed by atoms with Crippen molar-refractivity contribution in [3.63, 3.8) is 0 Å². The normalized spacial score (nSPS) is 41.2. The first-order valence-electron chi connectivity index (χ1n) is 7.14. The fraction of sp³-hybridized carbons (Fsp3) is 0.857. The lowest BCUT2D eigenvalue weighted by Crippen LogP contribution is -2.64. The molecule has 0 radical (unpaired) electrons. The molecular weight excluding hydrogens is 246 g/mol. The third-order valence-corrected chi connectivity index (χ3v) is 5.17. The summed E-state index contributed by atoms with van der Waals surface area (Å²) in [7, 11) is 0. The van der Waals surface area contributed by atoms with Crippen LogP contribution in [0, 0.1) is 17.8 Å². The molecule has 0 aromatic heterocycles. The van der Waals surface area contributed by atoms with Crippen LogP contribution in [0.5, 0.6) is 0 Å². The van der Waals surface area contributed by atoms with E-state index in [-0.39, 0.29) is 5.54 Å². The van der Waals surface area contributed by atoms with Gasteiger partial charge in [-0.05, 0) is 56.3 Å². The second kappa shape index (κ2) is 4.47. The summed E-state index contributed by atoms with van der Waals surface area (Å²) in [4.78, 5) is 21.8. The minimum atomic E-state index is -1.34. The van der Waals surface area contributed by atoms with Gasteiger partial charge in [-0.25, -0.2) is 0 Å². The summed E-state index contributed by atoms with van der Waals surface area (Å²) in [5.41, 5.74) is -0.172. The Labute approximate surface area is 112 Å². The minimum absolute atomic E-state index is 0.172. The van der Waals surface area contributed by atoms with Crippen molar-refractivity contribution in [2.45, 2.75) is 56.5 Å². The van der Waals surface area contributed by atoms with E-state index in [1.807, 2.05) is 0 Å². The number of hydrogen-bond acceptors (Lipinski definition) is 5. The number of carbonyl (C=O) groups is 2. The molecule has 106 valence electrons. The van der Waals surface area contributed by atoms with E-state index >= 15 is 0 Å². The number of nitrogens with one attached hydrogen (secondary N) is 1. The van der Waals surface area contributed by atoms with Gasteiger partial charge >= 0.3 is 0 Å². The van der Waals surface area contributed by atoms with Crippen LogP contribution in [0.25, 0.3) is 0 Å². The molecule has 0 aromatic rings. The summed E-state index contributed by atoms with van der Waals surface area (Å²) in [6, 6.07) is -1.12. The lowest BCUT2D eigenvalue weighted by Gasteiger charge is -2.58. The first kappa shape index (κ1) is 12.9. The average Bonchev–Trinajstić information content (AvgIpc) is 2.24. The van der Waals surface area contributed by atoms with E-state index in [9.17, 15) is 19.8 Å². The summed E-state index contributed by atoms with van der Waals surface area (Å²) in [6.07, 6.45) is 6.22. The topological polar surface area (TPSA) is 92.3 Å². The Morgan fingerprint density at radius 1 is 1.05 bits per heavy atom. The van der Waals surface area contributed by atoms with Crippen LogP contribution in [0.3, 0.4) is 0 Å². The maximum Gasteiger partial charge on any atom is 0.0588 e.